The van der Waals surface area contributed by atoms with Gasteiger partial charge in [0.15, 0.2) is 9.84 Å². The van der Waals surface area contributed by atoms with Crippen LogP contribution in [0.25, 0.3) is 0 Å². The van der Waals surface area contributed by atoms with E-state index in [-0.39, 0.29) is 17.8 Å². The van der Waals surface area contributed by atoms with E-state index in [0.29, 0.717) is 22.8 Å². The second-order valence-corrected chi connectivity index (χ2v) is 9.48. The van der Waals surface area contributed by atoms with Gasteiger partial charge in [-0.3, -0.25) is 4.90 Å². The van der Waals surface area contributed by atoms with Crippen LogP contribution < -0.4 is 9.64 Å². The van der Waals surface area contributed by atoms with Gasteiger partial charge in [-0.15, -0.1) is 0 Å². The summed E-state index contributed by atoms with van der Waals surface area (Å²) in [5.74, 6) is 0.256. The first-order valence-corrected chi connectivity index (χ1v) is 11.5. The number of nitrogens with zero attached hydrogens (tertiary/aromatic N) is 2. The van der Waals surface area contributed by atoms with Gasteiger partial charge in [-0.05, 0) is 49.4 Å². The van der Waals surface area contributed by atoms with E-state index < -0.39 is 9.84 Å². The summed E-state index contributed by atoms with van der Waals surface area (Å²) in [6.45, 7) is 4.94. The van der Waals surface area contributed by atoms with Gasteiger partial charge in [0, 0.05) is 37.9 Å². The average Bonchev–Trinajstić information content (AvgIpc) is 2.77. The first-order valence-electron chi connectivity index (χ1n) is 9.88. The van der Waals surface area contributed by atoms with E-state index in [1.165, 1.54) is 14.2 Å². The highest BCUT2D eigenvalue weighted by Gasteiger charge is 2.26. The molecule has 0 radical (unpaired) electrons. The molecule has 7 nitrogen and oxygen atoms in total. The van der Waals surface area contributed by atoms with Crippen LogP contribution in [0.4, 0.5) is 5.69 Å². The molecule has 2 aromatic rings. The van der Waals surface area contributed by atoms with E-state index in [1.54, 1.807) is 36.4 Å². The Morgan fingerprint density at radius 2 is 1.83 bits per heavy atom. The third-order valence-electron chi connectivity index (χ3n) is 5.47. The zero-order valence-corrected chi connectivity index (χ0v) is 18.4. The summed E-state index contributed by atoms with van der Waals surface area (Å²) in [6, 6.07) is 14.2. The van der Waals surface area contributed by atoms with Gasteiger partial charge in [-0.1, -0.05) is 6.07 Å². The lowest BCUT2D eigenvalue weighted by molar-refractivity contribution is 0.0600. The number of carbonyl (C=O) groups excluding carboxylic acids is 1. The van der Waals surface area contributed by atoms with Gasteiger partial charge >= 0.3 is 5.97 Å². The molecule has 0 N–H and O–H groups in total. The summed E-state index contributed by atoms with van der Waals surface area (Å²) >= 11 is 0. The van der Waals surface area contributed by atoms with E-state index >= 15 is 0 Å². The van der Waals surface area contributed by atoms with E-state index in [1.807, 2.05) is 12.1 Å². The molecule has 0 aliphatic carbocycles. The number of anilines is 1. The summed E-state index contributed by atoms with van der Waals surface area (Å²) in [5.41, 5.74) is 1.56. The molecule has 0 spiro atoms. The van der Waals surface area contributed by atoms with Crippen molar-refractivity contribution in [2.45, 2.75) is 17.9 Å². The van der Waals surface area contributed by atoms with Gasteiger partial charge in [-0.25, -0.2) is 13.2 Å². The summed E-state index contributed by atoms with van der Waals surface area (Å²) in [5, 5.41) is 0. The number of ether oxygens (including phenoxy) is 2. The van der Waals surface area contributed by atoms with E-state index in [9.17, 15) is 13.2 Å². The Morgan fingerprint density at radius 1 is 1.10 bits per heavy atom. The summed E-state index contributed by atoms with van der Waals surface area (Å²) < 4.78 is 35.3. The SMILES string of the molecule is COC(=O)c1ccc(N2CCN(CCS(=O)(=O)c3cccc(OC)c3)C(C)C2)cc1. The van der Waals surface area contributed by atoms with Gasteiger partial charge in [0.1, 0.15) is 5.75 Å². The Morgan fingerprint density at radius 3 is 2.47 bits per heavy atom. The second-order valence-electron chi connectivity index (χ2n) is 7.37. The number of sulfone groups is 1. The number of rotatable bonds is 7. The zero-order valence-electron chi connectivity index (χ0n) is 17.6. The van der Waals surface area contributed by atoms with Gasteiger partial charge in [0.05, 0.1) is 30.4 Å². The zero-order chi connectivity index (χ0) is 21.7. The van der Waals surface area contributed by atoms with Crippen LogP contribution in [0.3, 0.4) is 0 Å². The smallest absolute Gasteiger partial charge is 0.337 e. The molecular formula is C22H28N2O5S. The molecule has 0 aromatic heterocycles. The van der Waals surface area contributed by atoms with Crippen LogP contribution in [0.15, 0.2) is 53.4 Å². The van der Waals surface area contributed by atoms with Crippen molar-refractivity contribution >= 4 is 21.5 Å². The normalized spacial score (nSPS) is 17.6. The highest BCUT2D eigenvalue weighted by atomic mass is 32.2. The largest absolute Gasteiger partial charge is 0.497 e. The lowest BCUT2D eigenvalue weighted by atomic mass is 10.1. The van der Waals surface area contributed by atoms with E-state index in [4.69, 9.17) is 9.47 Å². The van der Waals surface area contributed by atoms with Crippen molar-refractivity contribution in [3.05, 3.63) is 54.1 Å². The third kappa shape index (κ3) is 5.12. The summed E-state index contributed by atoms with van der Waals surface area (Å²) in [7, 11) is -0.485. The van der Waals surface area contributed by atoms with Crippen molar-refractivity contribution in [3.8, 4) is 5.75 Å². The maximum Gasteiger partial charge on any atom is 0.337 e. The van der Waals surface area contributed by atoms with Crippen LogP contribution in [0.2, 0.25) is 0 Å². The highest BCUT2D eigenvalue weighted by Crippen LogP contribution is 2.22. The van der Waals surface area contributed by atoms with Gasteiger partial charge in [0.2, 0.25) is 0 Å². The van der Waals surface area contributed by atoms with Crippen molar-refractivity contribution in [1.29, 1.82) is 0 Å². The summed E-state index contributed by atoms with van der Waals surface area (Å²) in [4.78, 5) is 16.3. The van der Waals surface area contributed by atoms with Crippen molar-refractivity contribution in [2.75, 3.05) is 51.1 Å². The molecule has 1 aliphatic heterocycles. The number of carbonyl (C=O) groups is 1. The molecule has 1 atom stereocenters. The van der Waals surface area contributed by atoms with Crippen LogP contribution in [0, 0.1) is 0 Å². The molecule has 8 heteroatoms. The Kier molecular flexibility index (Phi) is 6.99. The lowest BCUT2D eigenvalue weighted by Gasteiger charge is -2.41. The van der Waals surface area contributed by atoms with Gasteiger partial charge in [-0.2, -0.15) is 0 Å². The first-order chi connectivity index (χ1) is 14.3. The topological polar surface area (TPSA) is 76.2 Å². The molecule has 1 heterocycles. The minimum absolute atomic E-state index is 0.0678. The Labute approximate surface area is 178 Å². The minimum atomic E-state index is -3.38. The number of hydrogen-bond donors (Lipinski definition) is 0. The monoisotopic (exact) mass is 432 g/mol. The second kappa shape index (κ2) is 9.49. The molecule has 0 bridgehead atoms. The molecule has 2 aromatic carbocycles. The molecule has 1 unspecified atom stereocenters. The fourth-order valence-electron chi connectivity index (χ4n) is 3.64. The fraction of sp³-hybridized carbons (Fsp3) is 0.409. The number of hydrogen-bond acceptors (Lipinski definition) is 7. The van der Waals surface area contributed by atoms with Crippen LogP contribution in [-0.4, -0.2) is 71.5 Å². The first kappa shape index (κ1) is 22.1. The van der Waals surface area contributed by atoms with Crippen LogP contribution in [0.1, 0.15) is 17.3 Å². The standard InChI is InChI=1S/C22H28N2O5S/c1-17-16-24(19-9-7-18(8-10-19)22(25)29-3)12-11-23(17)13-14-30(26,27)21-6-4-5-20(15-21)28-2/h4-10,15,17H,11-14,16H2,1-3H3. The van der Waals surface area contributed by atoms with Crippen molar-refractivity contribution in [3.63, 3.8) is 0 Å². The maximum atomic E-state index is 12.7. The van der Waals surface area contributed by atoms with Gasteiger partial charge in [0.25, 0.3) is 0 Å². The van der Waals surface area contributed by atoms with Gasteiger partial charge < -0.3 is 14.4 Å². The molecule has 1 aliphatic rings. The number of esters is 1. The van der Waals surface area contributed by atoms with E-state index in [0.717, 1.165) is 25.3 Å². The van der Waals surface area contributed by atoms with Crippen LogP contribution >= 0.6 is 0 Å². The molecular weight excluding hydrogens is 404 g/mol. The van der Waals surface area contributed by atoms with Crippen molar-refractivity contribution in [1.82, 2.24) is 4.90 Å². The van der Waals surface area contributed by atoms with Crippen LogP contribution in [-0.2, 0) is 14.6 Å². The maximum absolute atomic E-state index is 12.7. The Balaban J connectivity index is 1.58. The van der Waals surface area contributed by atoms with Crippen molar-refractivity contribution < 1.29 is 22.7 Å². The Hall–Kier alpha value is -2.58. The fourth-order valence-corrected chi connectivity index (χ4v) is 4.93. The molecule has 1 saturated heterocycles. The number of methoxy groups -OCH3 is 2. The average molecular weight is 433 g/mol. The highest BCUT2D eigenvalue weighted by molar-refractivity contribution is 7.91. The molecule has 1 fully saturated rings. The predicted molar refractivity (Wildman–Crippen MR) is 116 cm³/mol. The lowest BCUT2D eigenvalue weighted by Crippen LogP contribution is -2.53. The number of piperazine rings is 1. The third-order valence-corrected chi connectivity index (χ3v) is 7.16. The predicted octanol–water partition coefficient (Wildman–Crippen LogP) is 2.47. The summed E-state index contributed by atoms with van der Waals surface area (Å²) in [6.07, 6.45) is 0. The van der Waals surface area contributed by atoms with E-state index in [2.05, 4.69) is 16.7 Å². The molecule has 162 valence electrons. The molecule has 0 saturated carbocycles. The Bertz CT molecular complexity index is 975. The minimum Gasteiger partial charge on any atom is -0.497 e. The molecule has 0 amide bonds. The quantitative estimate of drug-likeness (QED) is 0.622. The number of benzene rings is 2. The van der Waals surface area contributed by atoms with Crippen LogP contribution in [0.5, 0.6) is 5.75 Å². The molecule has 30 heavy (non-hydrogen) atoms. The van der Waals surface area contributed by atoms with Crippen molar-refractivity contribution in [2.24, 2.45) is 0 Å². The molecule has 3 rings (SSSR count).